The molecule has 0 atom stereocenters. The van der Waals surface area contributed by atoms with Crippen LogP contribution in [0.2, 0.25) is 10.0 Å². The first-order chi connectivity index (χ1) is 11.5. The van der Waals surface area contributed by atoms with E-state index in [-0.39, 0.29) is 11.6 Å². The van der Waals surface area contributed by atoms with Crippen LogP contribution in [0, 0.1) is 6.92 Å². The molecule has 1 aliphatic heterocycles. The van der Waals surface area contributed by atoms with Crippen molar-refractivity contribution in [1.82, 2.24) is 9.97 Å². The second-order valence-corrected chi connectivity index (χ2v) is 6.22. The van der Waals surface area contributed by atoms with Gasteiger partial charge in [-0.05, 0) is 31.2 Å². The highest BCUT2D eigenvalue weighted by Gasteiger charge is 2.18. The predicted octanol–water partition coefficient (Wildman–Crippen LogP) is 3.18. The molecule has 1 fully saturated rings. The number of nitrogens with one attached hydrogen (secondary N) is 1. The van der Waals surface area contributed by atoms with Crippen LogP contribution in [0.3, 0.4) is 0 Å². The zero-order chi connectivity index (χ0) is 17.1. The lowest BCUT2D eigenvalue weighted by Crippen LogP contribution is -2.37. The van der Waals surface area contributed by atoms with E-state index in [2.05, 4.69) is 15.3 Å². The Morgan fingerprint density at radius 1 is 1.21 bits per heavy atom. The van der Waals surface area contributed by atoms with E-state index in [0.29, 0.717) is 48.0 Å². The fourth-order valence-electron chi connectivity index (χ4n) is 2.35. The third kappa shape index (κ3) is 3.95. The average molecular weight is 367 g/mol. The molecule has 8 heteroatoms. The molecule has 0 spiro atoms. The maximum Gasteiger partial charge on any atom is 0.274 e. The molecule has 1 saturated heterocycles. The molecule has 3 rings (SSSR count). The number of morpholine rings is 1. The zero-order valence-corrected chi connectivity index (χ0v) is 14.6. The number of aryl methyl sites for hydroxylation is 1. The van der Waals surface area contributed by atoms with Crippen molar-refractivity contribution in [2.24, 2.45) is 0 Å². The van der Waals surface area contributed by atoms with Gasteiger partial charge in [0.1, 0.15) is 5.69 Å². The first-order valence-electron chi connectivity index (χ1n) is 7.48. The molecule has 0 saturated carbocycles. The molecule has 0 bridgehead atoms. The highest BCUT2D eigenvalue weighted by Crippen LogP contribution is 2.25. The number of aromatic nitrogens is 2. The van der Waals surface area contributed by atoms with Crippen molar-refractivity contribution >= 4 is 40.7 Å². The minimum atomic E-state index is -0.348. The lowest BCUT2D eigenvalue weighted by atomic mass is 10.2. The van der Waals surface area contributed by atoms with Gasteiger partial charge in [0.15, 0.2) is 0 Å². The summed E-state index contributed by atoms with van der Waals surface area (Å²) < 4.78 is 5.33. The smallest absolute Gasteiger partial charge is 0.274 e. The summed E-state index contributed by atoms with van der Waals surface area (Å²) in [6.07, 6.45) is 0. The summed E-state index contributed by atoms with van der Waals surface area (Å²) in [5, 5.41) is 3.62. The van der Waals surface area contributed by atoms with Crippen LogP contribution in [0.5, 0.6) is 0 Å². The average Bonchev–Trinajstić information content (AvgIpc) is 2.57. The van der Waals surface area contributed by atoms with Gasteiger partial charge in [-0.1, -0.05) is 23.2 Å². The van der Waals surface area contributed by atoms with E-state index in [1.807, 2.05) is 11.8 Å². The van der Waals surface area contributed by atoms with Crippen molar-refractivity contribution in [2.75, 3.05) is 36.5 Å². The molecule has 1 aliphatic rings. The number of anilines is 2. The van der Waals surface area contributed by atoms with Crippen LogP contribution in [0.15, 0.2) is 24.3 Å². The van der Waals surface area contributed by atoms with Crippen molar-refractivity contribution in [1.29, 1.82) is 0 Å². The minimum Gasteiger partial charge on any atom is -0.378 e. The topological polar surface area (TPSA) is 67.4 Å². The Morgan fingerprint density at radius 2 is 1.96 bits per heavy atom. The van der Waals surface area contributed by atoms with Gasteiger partial charge in [-0.15, -0.1) is 0 Å². The van der Waals surface area contributed by atoms with Crippen LogP contribution in [0.25, 0.3) is 0 Å². The predicted molar refractivity (Wildman–Crippen MR) is 94.2 cm³/mol. The van der Waals surface area contributed by atoms with Crippen LogP contribution in [-0.2, 0) is 4.74 Å². The third-order valence-corrected chi connectivity index (χ3v) is 4.10. The monoisotopic (exact) mass is 366 g/mol. The normalized spacial score (nSPS) is 14.5. The second-order valence-electron chi connectivity index (χ2n) is 5.37. The maximum absolute atomic E-state index is 12.5. The summed E-state index contributed by atoms with van der Waals surface area (Å²) in [5.74, 6) is 0.185. The molecular formula is C16H16Cl2N4O2. The molecule has 24 heavy (non-hydrogen) atoms. The summed E-state index contributed by atoms with van der Waals surface area (Å²) in [5.41, 5.74) is 1.49. The minimum absolute atomic E-state index is 0.287. The van der Waals surface area contributed by atoms with E-state index < -0.39 is 0 Å². The van der Waals surface area contributed by atoms with Crippen LogP contribution in [0.4, 0.5) is 11.6 Å². The summed E-state index contributed by atoms with van der Waals surface area (Å²) >= 11 is 12.0. The van der Waals surface area contributed by atoms with E-state index in [1.165, 1.54) is 0 Å². The number of amides is 1. The van der Waals surface area contributed by atoms with Crippen LogP contribution in [0.1, 0.15) is 16.2 Å². The number of nitrogens with zero attached hydrogens (tertiary/aromatic N) is 3. The number of benzene rings is 1. The molecule has 0 unspecified atom stereocenters. The molecule has 2 aromatic rings. The number of ether oxygens (including phenoxy) is 1. The molecule has 126 valence electrons. The van der Waals surface area contributed by atoms with E-state index >= 15 is 0 Å². The molecule has 0 radical (unpaired) electrons. The second kappa shape index (κ2) is 7.34. The lowest BCUT2D eigenvalue weighted by molar-refractivity contribution is 0.102. The number of carbonyl (C=O) groups excluding carboxylic acids is 1. The molecule has 2 heterocycles. The highest BCUT2D eigenvalue weighted by atomic mass is 35.5. The van der Waals surface area contributed by atoms with Gasteiger partial charge in [-0.3, -0.25) is 4.79 Å². The van der Waals surface area contributed by atoms with Crippen LogP contribution >= 0.6 is 23.2 Å². The van der Waals surface area contributed by atoms with Crippen molar-refractivity contribution in [2.45, 2.75) is 6.92 Å². The van der Waals surface area contributed by atoms with Gasteiger partial charge < -0.3 is 15.0 Å². The number of hydrogen-bond acceptors (Lipinski definition) is 5. The summed E-state index contributed by atoms with van der Waals surface area (Å²) in [4.78, 5) is 23.3. The lowest BCUT2D eigenvalue weighted by Gasteiger charge is -2.27. The van der Waals surface area contributed by atoms with E-state index in [9.17, 15) is 4.79 Å². The van der Waals surface area contributed by atoms with Gasteiger partial charge >= 0.3 is 0 Å². The number of rotatable bonds is 3. The third-order valence-electron chi connectivity index (χ3n) is 3.55. The maximum atomic E-state index is 12.5. The first-order valence-corrected chi connectivity index (χ1v) is 8.23. The Kier molecular flexibility index (Phi) is 5.18. The Balaban J connectivity index is 1.82. The van der Waals surface area contributed by atoms with Crippen molar-refractivity contribution in [3.05, 3.63) is 45.7 Å². The molecule has 0 aliphatic carbocycles. The van der Waals surface area contributed by atoms with E-state index in [0.717, 1.165) is 5.69 Å². The summed E-state index contributed by atoms with van der Waals surface area (Å²) in [7, 11) is 0. The van der Waals surface area contributed by atoms with Gasteiger partial charge in [0.05, 0.1) is 23.9 Å². The Morgan fingerprint density at radius 3 is 2.67 bits per heavy atom. The quantitative estimate of drug-likeness (QED) is 0.903. The van der Waals surface area contributed by atoms with Crippen LogP contribution < -0.4 is 10.2 Å². The first kappa shape index (κ1) is 17.0. The summed E-state index contributed by atoms with van der Waals surface area (Å²) in [6, 6.07) is 6.53. The Labute approximate surface area is 149 Å². The highest BCUT2D eigenvalue weighted by molar-refractivity contribution is 6.36. The molecular weight excluding hydrogens is 351 g/mol. The number of halogens is 2. The van der Waals surface area contributed by atoms with Gasteiger partial charge in [0, 0.05) is 23.8 Å². The van der Waals surface area contributed by atoms with Crippen LogP contribution in [-0.4, -0.2) is 42.2 Å². The zero-order valence-electron chi connectivity index (χ0n) is 13.1. The summed E-state index contributed by atoms with van der Waals surface area (Å²) in [6.45, 7) is 4.48. The SMILES string of the molecule is Cc1cc(C(=O)Nc2ccc(Cl)cc2Cl)nc(N2CCOCC2)n1. The van der Waals surface area contributed by atoms with E-state index in [1.54, 1.807) is 24.3 Å². The molecule has 1 N–H and O–H groups in total. The van der Waals surface area contributed by atoms with E-state index in [4.69, 9.17) is 27.9 Å². The number of carbonyl (C=O) groups is 1. The molecule has 1 aromatic carbocycles. The Hall–Kier alpha value is -1.89. The molecule has 1 aromatic heterocycles. The fourth-order valence-corrected chi connectivity index (χ4v) is 2.81. The standard InChI is InChI=1S/C16H16Cl2N4O2/c1-10-8-14(21-16(19-10)22-4-6-24-7-5-22)15(23)20-13-3-2-11(17)9-12(13)18/h2-3,8-9H,4-7H2,1H3,(H,20,23). The molecule has 1 amide bonds. The van der Waals surface area contributed by atoms with Gasteiger partial charge in [0.2, 0.25) is 5.95 Å². The Bertz CT molecular complexity index is 764. The van der Waals surface area contributed by atoms with Crippen molar-refractivity contribution in [3.63, 3.8) is 0 Å². The van der Waals surface area contributed by atoms with Gasteiger partial charge in [-0.2, -0.15) is 0 Å². The number of hydrogen-bond donors (Lipinski definition) is 1. The largest absolute Gasteiger partial charge is 0.378 e. The van der Waals surface area contributed by atoms with Gasteiger partial charge in [-0.25, -0.2) is 9.97 Å². The molecule has 6 nitrogen and oxygen atoms in total. The van der Waals surface area contributed by atoms with Gasteiger partial charge in [0.25, 0.3) is 5.91 Å². The van der Waals surface area contributed by atoms with Crippen molar-refractivity contribution in [3.8, 4) is 0 Å². The fraction of sp³-hybridized carbons (Fsp3) is 0.312. The van der Waals surface area contributed by atoms with Crippen molar-refractivity contribution < 1.29 is 9.53 Å².